The molecule has 2 saturated heterocycles. The van der Waals surface area contributed by atoms with Gasteiger partial charge in [0.15, 0.2) is 0 Å². The predicted octanol–water partition coefficient (Wildman–Crippen LogP) is 0.964. The molecular formula is C17H36N4Pb2. The SMILES string of the molecule is NCCCN[CH]([Pb])CN1CCCCC1.[Pb][CH2]CN1CCCCC1. The molecule has 2 aliphatic rings. The van der Waals surface area contributed by atoms with E-state index in [1.54, 1.807) is 0 Å². The molecule has 6 heteroatoms. The molecule has 0 spiro atoms. The van der Waals surface area contributed by atoms with Crippen LogP contribution >= 0.6 is 0 Å². The normalized spacial score (nSPS) is 21.5. The Balaban J connectivity index is 0.000000253. The molecule has 0 bridgehead atoms. The topological polar surface area (TPSA) is 44.5 Å². The van der Waals surface area contributed by atoms with Crippen molar-refractivity contribution in [2.24, 2.45) is 5.73 Å². The van der Waals surface area contributed by atoms with Crippen molar-refractivity contribution in [3.05, 3.63) is 0 Å². The first-order chi connectivity index (χ1) is 11.3. The third kappa shape index (κ3) is 12.6. The summed E-state index contributed by atoms with van der Waals surface area (Å²) < 4.78 is 2.21. The van der Waals surface area contributed by atoms with E-state index in [4.69, 9.17) is 5.73 Å². The molecule has 1 atom stereocenters. The Hall–Kier alpha value is 1.68. The number of hydrogen-bond donors (Lipinski definition) is 2. The van der Waals surface area contributed by atoms with Crippen LogP contribution in [0.15, 0.2) is 0 Å². The molecule has 23 heavy (non-hydrogen) atoms. The van der Waals surface area contributed by atoms with E-state index in [2.05, 4.69) is 15.1 Å². The third-order valence-corrected chi connectivity index (χ3v) is 6.91. The summed E-state index contributed by atoms with van der Waals surface area (Å²) in [7, 11) is 0. The molecule has 0 saturated carbocycles. The van der Waals surface area contributed by atoms with Crippen molar-refractivity contribution in [3.63, 3.8) is 0 Å². The first-order valence-corrected chi connectivity index (χ1v) is 14.5. The zero-order valence-electron chi connectivity index (χ0n) is 14.9. The average Bonchev–Trinajstić information content (AvgIpc) is 2.58. The Labute approximate surface area is 176 Å². The summed E-state index contributed by atoms with van der Waals surface area (Å²) in [5.74, 6) is 0. The second-order valence-corrected chi connectivity index (χ2v) is 11.3. The fourth-order valence-electron chi connectivity index (χ4n) is 3.18. The minimum absolute atomic E-state index is 0.750. The number of nitrogens with one attached hydrogen (secondary N) is 1. The van der Waals surface area contributed by atoms with E-state index in [9.17, 15) is 0 Å². The summed E-state index contributed by atoms with van der Waals surface area (Å²) >= 11 is 2.63. The molecule has 6 radical (unpaired) electrons. The molecule has 0 aromatic heterocycles. The van der Waals surface area contributed by atoms with Crippen LogP contribution in [0.3, 0.4) is 0 Å². The summed E-state index contributed by atoms with van der Waals surface area (Å²) in [5.41, 5.74) is 5.46. The van der Waals surface area contributed by atoms with E-state index in [1.807, 2.05) is 0 Å². The maximum atomic E-state index is 5.46. The monoisotopic (exact) mass is 712 g/mol. The van der Waals surface area contributed by atoms with Crippen LogP contribution in [-0.2, 0) is 0 Å². The molecule has 3 N–H and O–H groups in total. The Morgan fingerprint density at radius 1 is 0.913 bits per heavy atom. The number of hydrogen-bond acceptors (Lipinski definition) is 4. The van der Waals surface area contributed by atoms with Gasteiger partial charge < -0.3 is 0 Å². The Bertz CT molecular complexity index is 254. The van der Waals surface area contributed by atoms with Crippen LogP contribution in [0, 0.1) is 0 Å². The van der Waals surface area contributed by atoms with Gasteiger partial charge in [-0.3, -0.25) is 0 Å². The van der Waals surface area contributed by atoms with E-state index in [0.717, 1.165) is 23.1 Å². The van der Waals surface area contributed by atoms with Crippen LogP contribution in [-0.4, -0.2) is 117 Å². The van der Waals surface area contributed by atoms with Crippen LogP contribution < -0.4 is 11.1 Å². The van der Waals surface area contributed by atoms with Crippen molar-refractivity contribution >= 4 is 51.5 Å². The molecule has 4 nitrogen and oxygen atoms in total. The van der Waals surface area contributed by atoms with Crippen molar-refractivity contribution in [1.82, 2.24) is 15.1 Å². The van der Waals surface area contributed by atoms with Crippen LogP contribution in [0.4, 0.5) is 0 Å². The zero-order chi connectivity index (χ0) is 16.8. The standard InChI is InChI=1S/C10H22N3.C7H14N.2Pb/c11-5-4-6-12-7-10-13-8-2-1-3-9-13;1-2-8-6-4-3-5-7-8;;/h7,12H,1-6,8-11H2;1-7H2;;. The first-order valence-electron chi connectivity index (χ1n) is 9.50. The van der Waals surface area contributed by atoms with Gasteiger partial charge in [0.1, 0.15) is 0 Å². The Morgan fingerprint density at radius 2 is 1.48 bits per heavy atom. The summed E-state index contributed by atoms with van der Waals surface area (Å²) in [6, 6.07) is 0. The summed E-state index contributed by atoms with van der Waals surface area (Å²) in [6.45, 7) is 9.94. The van der Waals surface area contributed by atoms with Crippen LogP contribution in [0.5, 0.6) is 0 Å². The Morgan fingerprint density at radius 3 is 2.00 bits per heavy atom. The van der Waals surface area contributed by atoms with Crippen molar-refractivity contribution in [1.29, 1.82) is 0 Å². The van der Waals surface area contributed by atoms with E-state index in [1.165, 1.54) is 133 Å². The van der Waals surface area contributed by atoms with E-state index in [0.29, 0.717) is 0 Å². The van der Waals surface area contributed by atoms with E-state index < -0.39 is 0 Å². The second-order valence-electron chi connectivity index (χ2n) is 6.66. The van der Waals surface area contributed by atoms with Gasteiger partial charge in [0.25, 0.3) is 0 Å². The summed E-state index contributed by atoms with van der Waals surface area (Å²) in [6.07, 6.45) is 9.70. The van der Waals surface area contributed by atoms with Crippen LogP contribution in [0.25, 0.3) is 0 Å². The molecule has 2 rings (SSSR count). The maximum absolute atomic E-state index is 5.46. The van der Waals surface area contributed by atoms with E-state index >= 15 is 0 Å². The first kappa shape index (κ1) is 22.7. The second kappa shape index (κ2) is 15.9. The third-order valence-electron chi connectivity index (χ3n) is 4.54. The van der Waals surface area contributed by atoms with Crippen LogP contribution in [0.2, 0.25) is 3.98 Å². The number of likely N-dealkylation sites (tertiary alicyclic amines) is 2. The minimum atomic E-state index is 0.750. The van der Waals surface area contributed by atoms with Crippen molar-refractivity contribution in [2.45, 2.75) is 52.5 Å². The summed E-state index contributed by atoms with van der Waals surface area (Å²) in [5, 5.41) is 3.57. The average molecular weight is 711 g/mol. The number of nitrogens with zero attached hydrogens (tertiary/aromatic N) is 2. The molecule has 0 aromatic rings. The predicted molar refractivity (Wildman–Crippen MR) is 102 cm³/mol. The number of nitrogens with two attached hydrogens (primary N) is 1. The van der Waals surface area contributed by atoms with Gasteiger partial charge in [-0.2, -0.15) is 0 Å². The van der Waals surface area contributed by atoms with Gasteiger partial charge in [0.05, 0.1) is 0 Å². The molecule has 0 aliphatic carbocycles. The van der Waals surface area contributed by atoms with Gasteiger partial charge in [0, 0.05) is 0 Å². The van der Waals surface area contributed by atoms with Crippen molar-refractivity contribution in [3.8, 4) is 0 Å². The number of rotatable bonds is 8. The van der Waals surface area contributed by atoms with Gasteiger partial charge in [-0.25, -0.2) is 0 Å². The fraction of sp³-hybridized carbons (Fsp3) is 1.00. The fourth-order valence-corrected chi connectivity index (χ4v) is 5.98. The Kier molecular flexibility index (Phi) is 15.7. The number of piperidine rings is 2. The molecule has 2 fully saturated rings. The molecule has 2 aliphatic heterocycles. The molecule has 1 unspecified atom stereocenters. The van der Waals surface area contributed by atoms with E-state index in [-0.39, 0.29) is 0 Å². The van der Waals surface area contributed by atoms with Gasteiger partial charge >= 0.3 is 177 Å². The molecular weight excluding hydrogens is 675 g/mol. The molecule has 2 heterocycles. The quantitative estimate of drug-likeness (QED) is 0.292. The van der Waals surface area contributed by atoms with Crippen LogP contribution in [0.1, 0.15) is 44.9 Å². The van der Waals surface area contributed by atoms with Gasteiger partial charge in [-0.05, 0) is 0 Å². The van der Waals surface area contributed by atoms with Gasteiger partial charge in [-0.1, -0.05) is 0 Å². The summed E-state index contributed by atoms with van der Waals surface area (Å²) in [4.78, 5) is 5.22. The van der Waals surface area contributed by atoms with Gasteiger partial charge in [-0.15, -0.1) is 0 Å². The molecule has 132 valence electrons. The molecule has 0 aromatic carbocycles. The molecule has 0 amide bonds. The van der Waals surface area contributed by atoms with Gasteiger partial charge in [0.2, 0.25) is 0 Å². The van der Waals surface area contributed by atoms with Crippen molar-refractivity contribution in [2.75, 3.05) is 52.4 Å². The van der Waals surface area contributed by atoms with Crippen molar-refractivity contribution < 1.29 is 0 Å². The zero-order valence-corrected chi connectivity index (χ0v) is 22.6.